The number of esters is 1. The Hall–Kier alpha value is -2.33. The standard InChI is InChI=1S/C17H17NO3/c1-20-17(19)16-12-7-3-5-9-15(12)21-14-8-4-2-6-11(14)13(16)10-18/h2-9,13,16H,10,18H2,1H3/t13-,16-/m1/s1. The van der Waals surface area contributed by atoms with E-state index in [1.54, 1.807) is 0 Å². The van der Waals surface area contributed by atoms with Crippen molar-refractivity contribution in [2.24, 2.45) is 5.73 Å². The first-order valence-electron chi connectivity index (χ1n) is 6.90. The molecule has 21 heavy (non-hydrogen) atoms. The summed E-state index contributed by atoms with van der Waals surface area (Å²) in [7, 11) is 1.40. The van der Waals surface area contributed by atoms with Crippen molar-refractivity contribution in [3.63, 3.8) is 0 Å². The number of benzene rings is 2. The third-order valence-corrected chi connectivity index (χ3v) is 3.90. The maximum absolute atomic E-state index is 12.3. The molecule has 0 unspecified atom stereocenters. The molecule has 3 rings (SSSR count). The van der Waals surface area contributed by atoms with Crippen LogP contribution in [0.25, 0.3) is 0 Å². The number of methoxy groups -OCH3 is 1. The van der Waals surface area contributed by atoms with Crippen molar-refractivity contribution in [1.82, 2.24) is 0 Å². The van der Waals surface area contributed by atoms with Gasteiger partial charge in [-0.3, -0.25) is 4.79 Å². The topological polar surface area (TPSA) is 61.5 Å². The molecule has 0 aromatic heterocycles. The van der Waals surface area contributed by atoms with Crippen LogP contribution in [0.2, 0.25) is 0 Å². The summed E-state index contributed by atoms with van der Waals surface area (Å²) < 4.78 is 11.0. The molecule has 108 valence electrons. The van der Waals surface area contributed by atoms with Crippen molar-refractivity contribution < 1.29 is 14.3 Å². The van der Waals surface area contributed by atoms with Crippen molar-refractivity contribution in [2.75, 3.05) is 13.7 Å². The Morgan fingerprint density at radius 3 is 2.29 bits per heavy atom. The molecule has 0 radical (unpaired) electrons. The molecule has 0 saturated heterocycles. The molecule has 0 aliphatic carbocycles. The van der Waals surface area contributed by atoms with E-state index >= 15 is 0 Å². The van der Waals surface area contributed by atoms with Crippen LogP contribution in [0.3, 0.4) is 0 Å². The van der Waals surface area contributed by atoms with Crippen molar-refractivity contribution in [1.29, 1.82) is 0 Å². The van der Waals surface area contributed by atoms with E-state index in [4.69, 9.17) is 15.2 Å². The first kappa shape index (κ1) is 13.6. The van der Waals surface area contributed by atoms with Crippen LogP contribution in [0.4, 0.5) is 0 Å². The summed E-state index contributed by atoms with van der Waals surface area (Å²) in [5, 5.41) is 0. The Labute approximate surface area is 123 Å². The fraction of sp³-hybridized carbons (Fsp3) is 0.235. The third-order valence-electron chi connectivity index (χ3n) is 3.90. The molecule has 2 atom stereocenters. The van der Waals surface area contributed by atoms with Crippen LogP contribution in [0.5, 0.6) is 11.5 Å². The summed E-state index contributed by atoms with van der Waals surface area (Å²) in [6.45, 7) is 0.342. The van der Waals surface area contributed by atoms with Gasteiger partial charge < -0.3 is 15.2 Å². The minimum atomic E-state index is -0.458. The highest BCUT2D eigenvalue weighted by Gasteiger charge is 2.37. The Morgan fingerprint density at radius 1 is 1.10 bits per heavy atom. The Morgan fingerprint density at radius 2 is 1.67 bits per heavy atom. The molecule has 2 aromatic rings. The molecule has 4 heteroatoms. The molecule has 0 bridgehead atoms. The summed E-state index contributed by atoms with van der Waals surface area (Å²) in [4.78, 5) is 12.3. The maximum Gasteiger partial charge on any atom is 0.313 e. The van der Waals surface area contributed by atoms with Gasteiger partial charge in [0.15, 0.2) is 0 Å². The third kappa shape index (κ3) is 2.28. The molecule has 0 fully saturated rings. The van der Waals surface area contributed by atoms with Gasteiger partial charge in [-0.1, -0.05) is 36.4 Å². The van der Waals surface area contributed by atoms with Gasteiger partial charge in [-0.25, -0.2) is 0 Å². The van der Waals surface area contributed by atoms with Crippen LogP contribution in [0, 0.1) is 0 Å². The molecule has 1 aliphatic heterocycles. The van der Waals surface area contributed by atoms with Gasteiger partial charge in [-0.15, -0.1) is 0 Å². The van der Waals surface area contributed by atoms with Crippen molar-refractivity contribution in [3.05, 3.63) is 59.7 Å². The summed E-state index contributed by atoms with van der Waals surface area (Å²) in [6.07, 6.45) is 0. The van der Waals surface area contributed by atoms with Crippen LogP contribution < -0.4 is 10.5 Å². The Bertz CT molecular complexity index is 669. The lowest BCUT2D eigenvalue weighted by molar-refractivity contribution is -0.143. The van der Waals surface area contributed by atoms with E-state index in [-0.39, 0.29) is 11.9 Å². The van der Waals surface area contributed by atoms with E-state index in [0.29, 0.717) is 12.3 Å². The predicted molar refractivity (Wildman–Crippen MR) is 79.5 cm³/mol. The minimum Gasteiger partial charge on any atom is -0.469 e. The predicted octanol–water partition coefficient (Wildman–Crippen LogP) is 2.79. The van der Waals surface area contributed by atoms with Crippen molar-refractivity contribution >= 4 is 5.97 Å². The molecule has 0 spiro atoms. The zero-order valence-corrected chi connectivity index (χ0v) is 11.8. The average Bonchev–Trinajstić information content (AvgIpc) is 2.67. The second-order valence-corrected chi connectivity index (χ2v) is 5.02. The fourth-order valence-electron chi connectivity index (χ4n) is 2.91. The monoisotopic (exact) mass is 283 g/mol. The number of nitrogens with two attached hydrogens (primary N) is 1. The van der Waals surface area contributed by atoms with Crippen molar-refractivity contribution in [3.8, 4) is 11.5 Å². The Balaban J connectivity index is 2.23. The first-order valence-corrected chi connectivity index (χ1v) is 6.90. The molecular formula is C17H17NO3. The summed E-state index contributed by atoms with van der Waals surface area (Å²) in [6, 6.07) is 15.2. The molecular weight excluding hydrogens is 266 g/mol. The van der Waals surface area contributed by atoms with Gasteiger partial charge in [-0.2, -0.15) is 0 Å². The van der Waals surface area contributed by atoms with Gasteiger partial charge >= 0.3 is 5.97 Å². The quantitative estimate of drug-likeness (QED) is 0.861. The molecule has 0 saturated carbocycles. The SMILES string of the molecule is COC(=O)[C@@H]1c2ccccc2Oc2ccccc2[C@H]1CN. The number of rotatable bonds is 2. The van der Waals surface area contributed by atoms with Gasteiger partial charge in [0, 0.05) is 23.6 Å². The van der Waals surface area contributed by atoms with Gasteiger partial charge in [0.05, 0.1) is 13.0 Å². The average molecular weight is 283 g/mol. The van der Waals surface area contributed by atoms with Gasteiger partial charge in [-0.05, 0) is 12.1 Å². The van der Waals surface area contributed by atoms with Gasteiger partial charge in [0.1, 0.15) is 11.5 Å². The molecule has 2 aromatic carbocycles. The van der Waals surface area contributed by atoms with Crippen molar-refractivity contribution in [2.45, 2.75) is 11.8 Å². The van der Waals surface area contributed by atoms with E-state index in [1.807, 2.05) is 48.5 Å². The number of carbonyl (C=O) groups excluding carboxylic acids is 1. The Kier molecular flexibility index (Phi) is 3.62. The number of hydrogen-bond acceptors (Lipinski definition) is 4. The van der Waals surface area contributed by atoms with Crippen LogP contribution in [0.15, 0.2) is 48.5 Å². The number of para-hydroxylation sites is 2. The van der Waals surface area contributed by atoms with E-state index < -0.39 is 5.92 Å². The molecule has 2 N–H and O–H groups in total. The molecule has 1 heterocycles. The number of fused-ring (bicyclic) bond motifs is 2. The lowest BCUT2D eigenvalue weighted by atomic mass is 9.81. The van der Waals surface area contributed by atoms with E-state index in [2.05, 4.69) is 0 Å². The van der Waals surface area contributed by atoms with E-state index in [9.17, 15) is 4.79 Å². The summed E-state index contributed by atoms with van der Waals surface area (Å²) in [5.41, 5.74) is 7.72. The second kappa shape index (κ2) is 5.58. The van der Waals surface area contributed by atoms with Gasteiger partial charge in [0.25, 0.3) is 0 Å². The zero-order valence-electron chi connectivity index (χ0n) is 11.8. The largest absolute Gasteiger partial charge is 0.469 e. The first-order chi connectivity index (χ1) is 10.3. The number of hydrogen-bond donors (Lipinski definition) is 1. The van der Waals surface area contributed by atoms with Crippen LogP contribution in [-0.4, -0.2) is 19.6 Å². The van der Waals surface area contributed by atoms with Crippen LogP contribution >= 0.6 is 0 Å². The van der Waals surface area contributed by atoms with Crippen LogP contribution in [-0.2, 0) is 9.53 Å². The lowest BCUT2D eigenvalue weighted by Gasteiger charge is -2.23. The highest BCUT2D eigenvalue weighted by Crippen LogP contribution is 2.46. The summed E-state index contributed by atoms with van der Waals surface area (Å²) in [5.74, 6) is 0.499. The van der Waals surface area contributed by atoms with E-state index in [1.165, 1.54) is 7.11 Å². The fourth-order valence-corrected chi connectivity index (χ4v) is 2.91. The zero-order chi connectivity index (χ0) is 14.8. The van der Waals surface area contributed by atoms with Crippen LogP contribution in [0.1, 0.15) is 23.0 Å². The lowest BCUT2D eigenvalue weighted by Crippen LogP contribution is -2.26. The molecule has 1 aliphatic rings. The molecule has 4 nitrogen and oxygen atoms in total. The normalized spacial score (nSPS) is 19.7. The number of ether oxygens (including phenoxy) is 2. The minimum absolute atomic E-state index is 0.169. The number of carbonyl (C=O) groups is 1. The highest BCUT2D eigenvalue weighted by atomic mass is 16.5. The second-order valence-electron chi connectivity index (χ2n) is 5.02. The summed E-state index contributed by atoms with van der Waals surface area (Å²) >= 11 is 0. The molecule has 0 amide bonds. The highest BCUT2D eigenvalue weighted by molar-refractivity contribution is 5.81. The maximum atomic E-state index is 12.3. The smallest absolute Gasteiger partial charge is 0.313 e. The van der Waals surface area contributed by atoms with E-state index in [0.717, 1.165) is 16.9 Å². The van der Waals surface area contributed by atoms with Gasteiger partial charge in [0.2, 0.25) is 0 Å².